The van der Waals surface area contributed by atoms with Crippen molar-refractivity contribution in [3.8, 4) is 0 Å². The SMILES string of the molecule is NC(=O)OCc1ccc(N2CCOCC2)nn1. The highest BCUT2D eigenvalue weighted by Gasteiger charge is 2.12. The first-order valence-electron chi connectivity index (χ1n) is 5.33. The lowest BCUT2D eigenvalue weighted by molar-refractivity contribution is 0.122. The monoisotopic (exact) mass is 238 g/mol. The number of hydrogen-bond acceptors (Lipinski definition) is 6. The summed E-state index contributed by atoms with van der Waals surface area (Å²) >= 11 is 0. The predicted molar refractivity (Wildman–Crippen MR) is 59.4 cm³/mol. The van der Waals surface area contributed by atoms with E-state index in [9.17, 15) is 4.79 Å². The molecule has 0 unspecified atom stereocenters. The van der Waals surface area contributed by atoms with E-state index in [1.807, 2.05) is 6.07 Å². The molecule has 1 aliphatic rings. The molecule has 0 saturated carbocycles. The molecule has 1 aliphatic heterocycles. The third-order valence-corrected chi connectivity index (χ3v) is 2.40. The molecule has 0 bridgehead atoms. The zero-order chi connectivity index (χ0) is 12.1. The van der Waals surface area contributed by atoms with Crippen LogP contribution < -0.4 is 10.6 Å². The number of hydrogen-bond donors (Lipinski definition) is 1. The Kier molecular flexibility index (Phi) is 3.71. The van der Waals surface area contributed by atoms with E-state index in [2.05, 4.69) is 19.8 Å². The number of aromatic nitrogens is 2. The summed E-state index contributed by atoms with van der Waals surface area (Å²) in [6.45, 7) is 3.08. The molecule has 1 aromatic rings. The minimum atomic E-state index is -0.816. The average Bonchev–Trinajstić information content (AvgIpc) is 2.38. The molecular weight excluding hydrogens is 224 g/mol. The van der Waals surface area contributed by atoms with Crippen LogP contribution in [0.15, 0.2) is 12.1 Å². The molecular formula is C10H14N4O3. The van der Waals surface area contributed by atoms with Gasteiger partial charge < -0.3 is 20.1 Å². The van der Waals surface area contributed by atoms with Gasteiger partial charge in [0, 0.05) is 13.1 Å². The summed E-state index contributed by atoms with van der Waals surface area (Å²) in [5.41, 5.74) is 5.43. The summed E-state index contributed by atoms with van der Waals surface area (Å²) in [7, 11) is 0. The number of morpholine rings is 1. The van der Waals surface area contributed by atoms with Crippen LogP contribution in [0, 0.1) is 0 Å². The standard InChI is InChI=1S/C10H14N4O3/c11-10(15)17-7-8-1-2-9(13-12-8)14-3-5-16-6-4-14/h1-2H,3-7H2,(H2,11,15). The highest BCUT2D eigenvalue weighted by atomic mass is 16.5. The lowest BCUT2D eigenvalue weighted by atomic mass is 10.3. The van der Waals surface area contributed by atoms with E-state index in [0.29, 0.717) is 18.9 Å². The number of rotatable bonds is 3. The van der Waals surface area contributed by atoms with Crippen molar-refractivity contribution in [3.63, 3.8) is 0 Å². The van der Waals surface area contributed by atoms with Gasteiger partial charge in [-0.15, -0.1) is 10.2 Å². The van der Waals surface area contributed by atoms with E-state index in [4.69, 9.17) is 10.5 Å². The van der Waals surface area contributed by atoms with Gasteiger partial charge in [0.05, 0.1) is 13.2 Å². The van der Waals surface area contributed by atoms with Crippen molar-refractivity contribution in [1.29, 1.82) is 0 Å². The largest absolute Gasteiger partial charge is 0.443 e. The molecule has 1 saturated heterocycles. The maximum atomic E-state index is 10.4. The van der Waals surface area contributed by atoms with Crippen molar-refractivity contribution in [3.05, 3.63) is 17.8 Å². The molecule has 0 spiro atoms. The summed E-state index contributed by atoms with van der Waals surface area (Å²) in [4.78, 5) is 12.5. The Morgan fingerprint density at radius 1 is 1.41 bits per heavy atom. The van der Waals surface area contributed by atoms with E-state index >= 15 is 0 Å². The molecule has 1 fully saturated rings. The summed E-state index contributed by atoms with van der Waals surface area (Å²) < 4.78 is 9.86. The molecule has 0 atom stereocenters. The van der Waals surface area contributed by atoms with Gasteiger partial charge in [0.15, 0.2) is 5.82 Å². The molecule has 92 valence electrons. The fourth-order valence-corrected chi connectivity index (χ4v) is 1.54. The lowest BCUT2D eigenvalue weighted by Gasteiger charge is -2.27. The van der Waals surface area contributed by atoms with Crippen LogP contribution in [0.1, 0.15) is 5.69 Å². The second kappa shape index (κ2) is 5.44. The normalized spacial score (nSPS) is 15.6. The first kappa shape index (κ1) is 11.6. The molecule has 7 nitrogen and oxygen atoms in total. The highest BCUT2D eigenvalue weighted by molar-refractivity contribution is 5.64. The summed E-state index contributed by atoms with van der Waals surface area (Å²) in [6.07, 6.45) is -0.816. The minimum absolute atomic E-state index is 0.0473. The van der Waals surface area contributed by atoms with Gasteiger partial charge >= 0.3 is 6.09 Å². The van der Waals surface area contributed by atoms with Crippen molar-refractivity contribution in [2.75, 3.05) is 31.2 Å². The topological polar surface area (TPSA) is 90.6 Å². The predicted octanol–water partition coefficient (Wildman–Crippen LogP) is -0.0915. The maximum absolute atomic E-state index is 10.4. The number of anilines is 1. The van der Waals surface area contributed by atoms with E-state index in [1.165, 1.54) is 0 Å². The molecule has 2 N–H and O–H groups in total. The summed E-state index contributed by atoms with van der Waals surface area (Å²) in [5, 5.41) is 8.03. The number of primary amides is 1. The van der Waals surface area contributed by atoms with Crippen LogP contribution >= 0.6 is 0 Å². The molecule has 17 heavy (non-hydrogen) atoms. The van der Waals surface area contributed by atoms with E-state index in [1.54, 1.807) is 6.07 Å². The van der Waals surface area contributed by atoms with Crippen LogP contribution in [-0.4, -0.2) is 42.6 Å². The van der Waals surface area contributed by atoms with Crippen molar-refractivity contribution in [2.24, 2.45) is 5.73 Å². The zero-order valence-electron chi connectivity index (χ0n) is 9.33. The number of nitrogens with zero attached hydrogens (tertiary/aromatic N) is 3. The molecule has 0 radical (unpaired) electrons. The minimum Gasteiger partial charge on any atom is -0.443 e. The molecule has 2 rings (SSSR count). The van der Waals surface area contributed by atoms with E-state index in [0.717, 1.165) is 18.9 Å². The van der Waals surface area contributed by atoms with Gasteiger partial charge in [0.2, 0.25) is 0 Å². The zero-order valence-corrected chi connectivity index (χ0v) is 9.33. The third kappa shape index (κ3) is 3.28. The Bertz CT molecular complexity index is 376. The van der Waals surface area contributed by atoms with Crippen LogP contribution in [0.5, 0.6) is 0 Å². The van der Waals surface area contributed by atoms with Gasteiger partial charge in [-0.05, 0) is 12.1 Å². The Morgan fingerprint density at radius 3 is 2.76 bits per heavy atom. The van der Waals surface area contributed by atoms with Gasteiger partial charge in [-0.3, -0.25) is 0 Å². The Labute approximate surface area is 98.5 Å². The summed E-state index contributed by atoms with van der Waals surface area (Å²) in [6, 6.07) is 3.61. The van der Waals surface area contributed by atoms with Gasteiger partial charge in [0.25, 0.3) is 0 Å². The fourth-order valence-electron chi connectivity index (χ4n) is 1.54. The van der Waals surface area contributed by atoms with Crippen molar-refractivity contribution >= 4 is 11.9 Å². The van der Waals surface area contributed by atoms with Crippen LogP contribution in [0.3, 0.4) is 0 Å². The Morgan fingerprint density at radius 2 is 2.18 bits per heavy atom. The fraction of sp³-hybridized carbons (Fsp3) is 0.500. The third-order valence-electron chi connectivity index (χ3n) is 2.40. The number of nitrogens with two attached hydrogens (primary N) is 1. The molecule has 1 aromatic heterocycles. The van der Waals surface area contributed by atoms with Crippen LogP contribution in [0.4, 0.5) is 10.6 Å². The Hall–Kier alpha value is -1.89. The number of amides is 1. The van der Waals surface area contributed by atoms with Gasteiger partial charge in [-0.25, -0.2) is 4.79 Å². The van der Waals surface area contributed by atoms with Gasteiger partial charge in [-0.1, -0.05) is 0 Å². The van der Waals surface area contributed by atoms with E-state index < -0.39 is 6.09 Å². The molecule has 2 heterocycles. The summed E-state index contributed by atoms with van der Waals surface area (Å²) in [5.74, 6) is 0.802. The number of carbonyl (C=O) groups excluding carboxylic acids is 1. The van der Waals surface area contributed by atoms with Gasteiger partial charge in [-0.2, -0.15) is 0 Å². The quantitative estimate of drug-likeness (QED) is 0.791. The van der Waals surface area contributed by atoms with Crippen LogP contribution in [-0.2, 0) is 16.1 Å². The molecule has 0 aliphatic carbocycles. The second-order valence-corrected chi connectivity index (χ2v) is 3.59. The van der Waals surface area contributed by atoms with Crippen molar-refractivity contribution < 1.29 is 14.3 Å². The maximum Gasteiger partial charge on any atom is 0.404 e. The first-order chi connectivity index (χ1) is 8.25. The number of carbonyl (C=O) groups is 1. The average molecular weight is 238 g/mol. The molecule has 0 aromatic carbocycles. The Balaban J connectivity index is 1.94. The smallest absolute Gasteiger partial charge is 0.404 e. The van der Waals surface area contributed by atoms with Crippen molar-refractivity contribution in [1.82, 2.24) is 10.2 Å². The molecule has 7 heteroatoms. The first-order valence-corrected chi connectivity index (χ1v) is 5.33. The van der Waals surface area contributed by atoms with Crippen LogP contribution in [0.25, 0.3) is 0 Å². The van der Waals surface area contributed by atoms with Crippen LogP contribution in [0.2, 0.25) is 0 Å². The van der Waals surface area contributed by atoms with Crippen molar-refractivity contribution in [2.45, 2.75) is 6.61 Å². The second-order valence-electron chi connectivity index (χ2n) is 3.59. The van der Waals surface area contributed by atoms with Gasteiger partial charge in [0.1, 0.15) is 12.3 Å². The highest BCUT2D eigenvalue weighted by Crippen LogP contribution is 2.11. The number of ether oxygens (including phenoxy) is 2. The molecule has 1 amide bonds. The van der Waals surface area contributed by atoms with E-state index in [-0.39, 0.29) is 6.61 Å². The lowest BCUT2D eigenvalue weighted by Crippen LogP contribution is -2.36.